The van der Waals surface area contributed by atoms with E-state index in [2.05, 4.69) is 22.3 Å². The molecule has 1 heterocycles. The van der Waals surface area contributed by atoms with Crippen molar-refractivity contribution in [3.8, 4) is 11.8 Å². The van der Waals surface area contributed by atoms with Crippen molar-refractivity contribution in [2.75, 3.05) is 13.1 Å². The van der Waals surface area contributed by atoms with E-state index in [4.69, 9.17) is 5.73 Å². The molecule has 2 aromatic rings. The number of amides is 1. The van der Waals surface area contributed by atoms with Crippen LogP contribution in [0.25, 0.3) is 0 Å². The summed E-state index contributed by atoms with van der Waals surface area (Å²) < 4.78 is 1.74. The summed E-state index contributed by atoms with van der Waals surface area (Å²) >= 11 is 0. The molecule has 1 aromatic carbocycles. The first kappa shape index (κ1) is 14.8. The molecule has 0 aliphatic rings. The highest BCUT2D eigenvalue weighted by molar-refractivity contribution is 5.96. The summed E-state index contributed by atoms with van der Waals surface area (Å²) in [7, 11) is 1.87. The van der Waals surface area contributed by atoms with Gasteiger partial charge in [-0.05, 0) is 24.1 Å². The number of nitrogens with one attached hydrogen (secondary N) is 1. The Labute approximate surface area is 124 Å². The third-order valence-corrected chi connectivity index (χ3v) is 2.95. The standard InChI is InChI=1S/C16H18N4O/c1-20-12-13(11-19-20)8-10-18-16(21)15-7-3-2-5-14(15)6-4-9-17/h2-3,5,7,11-12H,8-10,17H2,1H3,(H,18,21). The molecule has 108 valence electrons. The molecule has 0 unspecified atom stereocenters. The molecule has 3 N–H and O–H groups in total. The number of aryl methyl sites for hydroxylation is 1. The lowest BCUT2D eigenvalue weighted by Crippen LogP contribution is -2.26. The zero-order chi connectivity index (χ0) is 15.1. The van der Waals surface area contributed by atoms with Crippen LogP contribution >= 0.6 is 0 Å². The molecule has 0 fully saturated rings. The van der Waals surface area contributed by atoms with Crippen molar-refractivity contribution in [3.63, 3.8) is 0 Å². The number of hydrogen-bond donors (Lipinski definition) is 2. The molecule has 2 rings (SSSR count). The zero-order valence-corrected chi connectivity index (χ0v) is 12.0. The van der Waals surface area contributed by atoms with E-state index in [9.17, 15) is 4.79 Å². The van der Waals surface area contributed by atoms with Gasteiger partial charge in [0.1, 0.15) is 0 Å². The van der Waals surface area contributed by atoms with Gasteiger partial charge in [0, 0.05) is 25.4 Å². The Balaban J connectivity index is 1.97. The molecule has 1 aromatic heterocycles. The van der Waals surface area contributed by atoms with Crippen LogP contribution < -0.4 is 11.1 Å². The second-order valence-corrected chi connectivity index (χ2v) is 4.58. The largest absolute Gasteiger partial charge is 0.352 e. The number of hydrogen-bond acceptors (Lipinski definition) is 3. The van der Waals surface area contributed by atoms with Crippen LogP contribution in [0.3, 0.4) is 0 Å². The minimum absolute atomic E-state index is 0.124. The van der Waals surface area contributed by atoms with E-state index in [-0.39, 0.29) is 12.5 Å². The average Bonchev–Trinajstić information content (AvgIpc) is 2.91. The second-order valence-electron chi connectivity index (χ2n) is 4.58. The van der Waals surface area contributed by atoms with Crippen molar-refractivity contribution in [1.29, 1.82) is 0 Å². The van der Waals surface area contributed by atoms with Crippen LogP contribution in [0.4, 0.5) is 0 Å². The van der Waals surface area contributed by atoms with Gasteiger partial charge in [0.05, 0.1) is 18.3 Å². The van der Waals surface area contributed by atoms with E-state index in [0.717, 1.165) is 12.0 Å². The molecule has 0 radical (unpaired) electrons. The predicted octanol–water partition coefficient (Wildman–Crippen LogP) is 0.703. The SMILES string of the molecule is Cn1cc(CCNC(=O)c2ccccc2C#CCN)cn1. The Kier molecular flexibility index (Phi) is 5.13. The highest BCUT2D eigenvalue weighted by atomic mass is 16.1. The lowest BCUT2D eigenvalue weighted by atomic mass is 10.1. The first-order chi connectivity index (χ1) is 10.2. The fraction of sp³-hybridized carbons (Fsp3) is 0.250. The van der Waals surface area contributed by atoms with Crippen molar-refractivity contribution in [3.05, 3.63) is 53.3 Å². The second kappa shape index (κ2) is 7.27. The Morgan fingerprint density at radius 2 is 2.24 bits per heavy atom. The first-order valence-corrected chi connectivity index (χ1v) is 6.74. The zero-order valence-electron chi connectivity index (χ0n) is 12.0. The van der Waals surface area contributed by atoms with E-state index in [1.54, 1.807) is 16.9 Å². The topological polar surface area (TPSA) is 72.9 Å². The maximum absolute atomic E-state index is 12.2. The Bertz CT molecular complexity index is 679. The highest BCUT2D eigenvalue weighted by Crippen LogP contribution is 2.07. The maximum atomic E-state index is 12.2. The van der Waals surface area contributed by atoms with Crippen molar-refractivity contribution in [1.82, 2.24) is 15.1 Å². The summed E-state index contributed by atoms with van der Waals surface area (Å²) in [6.45, 7) is 0.833. The van der Waals surface area contributed by atoms with Crippen LogP contribution in [-0.4, -0.2) is 28.8 Å². The maximum Gasteiger partial charge on any atom is 0.252 e. The molecule has 21 heavy (non-hydrogen) atoms. The van der Waals surface area contributed by atoms with E-state index in [1.165, 1.54) is 0 Å². The smallest absolute Gasteiger partial charge is 0.252 e. The van der Waals surface area contributed by atoms with Gasteiger partial charge >= 0.3 is 0 Å². The minimum atomic E-state index is -0.124. The van der Waals surface area contributed by atoms with Crippen LogP contribution in [0.15, 0.2) is 36.7 Å². The number of carbonyl (C=O) groups excluding carboxylic acids is 1. The highest BCUT2D eigenvalue weighted by Gasteiger charge is 2.09. The number of nitrogens with zero attached hydrogens (tertiary/aromatic N) is 2. The molecule has 0 saturated carbocycles. The minimum Gasteiger partial charge on any atom is -0.352 e. The van der Waals surface area contributed by atoms with E-state index in [1.807, 2.05) is 31.4 Å². The fourth-order valence-electron chi connectivity index (χ4n) is 1.95. The van der Waals surface area contributed by atoms with Crippen LogP contribution in [0.2, 0.25) is 0 Å². The summed E-state index contributed by atoms with van der Waals surface area (Å²) in [5.41, 5.74) is 7.73. The normalized spacial score (nSPS) is 9.81. The molecule has 1 amide bonds. The van der Waals surface area contributed by atoms with Crippen LogP contribution in [0.1, 0.15) is 21.5 Å². The lowest BCUT2D eigenvalue weighted by Gasteiger charge is -2.06. The number of nitrogens with two attached hydrogens (primary N) is 1. The molecule has 0 saturated heterocycles. The first-order valence-electron chi connectivity index (χ1n) is 6.74. The van der Waals surface area contributed by atoms with Crippen LogP contribution in [-0.2, 0) is 13.5 Å². The van der Waals surface area contributed by atoms with Gasteiger partial charge < -0.3 is 11.1 Å². The summed E-state index contributed by atoms with van der Waals surface area (Å²) in [5, 5.41) is 6.99. The van der Waals surface area contributed by atoms with Crippen LogP contribution in [0.5, 0.6) is 0 Å². The molecule has 5 nitrogen and oxygen atoms in total. The number of aromatic nitrogens is 2. The average molecular weight is 282 g/mol. The molecule has 0 bridgehead atoms. The van der Waals surface area contributed by atoms with Crippen molar-refractivity contribution in [2.45, 2.75) is 6.42 Å². The van der Waals surface area contributed by atoms with Crippen molar-refractivity contribution < 1.29 is 4.79 Å². The van der Waals surface area contributed by atoms with Gasteiger partial charge in [-0.3, -0.25) is 9.48 Å². The van der Waals surface area contributed by atoms with Crippen LogP contribution in [0, 0.1) is 11.8 Å². The lowest BCUT2D eigenvalue weighted by molar-refractivity contribution is 0.0954. The van der Waals surface area contributed by atoms with Gasteiger partial charge in [0.2, 0.25) is 0 Å². The monoisotopic (exact) mass is 282 g/mol. The number of carbonyl (C=O) groups is 1. The number of benzene rings is 1. The molecule has 5 heteroatoms. The van der Waals surface area contributed by atoms with Gasteiger partial charge in [-0.25, -0.2) is 0 Å². The Morgan fingerprint density at radius 3 is 2.95 bits per heavy atom. The summed E-state index contributed by atoms with van der Waals surface area (Å²) in [6.07, 6.45) is 4.48. The third kappa shape index (κ3) is 4.20. The molecule has 0 atom stereocenters. The van der Waals surface area contributed by atoms with Crippen molar-refractivity contribution >= 4 is 5.91 Å². The quantitative estimate of drug-likeness (QED) is 0.811. The van der Waals surface area contributed by atoms with E-state index in [0.29, 0.717) is 17.7 Å². The summed E-state index contributed by atoms with van der Waals surface area (Å²) in [6, 6.07) is 7.26. The molecular weight excluding hydrogens is 264 g/mol. The Hall–Kier alpha value is -2.58. The Morgan fingerprint density at radius 1 is 1.43 bits per heavy atom. The molecular formula is C16H18N4O. The number of rotatable bonds is 4. The van der Waals surface area contributed by atoms with E-state index < -0.39 is 0 Å². The molecule has 0 spiro atoms. The van der Waals surface area contributed by atoms with E-state index >= 15 is 0 Å². The summed E-state index contributed by atoms with van der Waals surface area (Å²) in [5.74, 6) is 5.56. The van der Waals surface area contributed by atoms with Gasteiger partial charge in [-0.2, -0.15) is 5.10 Å². The van der Waals surface area contributed by atoms with Crippen molar-refractivity contribution in [2.24, 2.45) is 12.8 Å². The van der Waals surface area contributed by atoms with Gasteiger partial charge in [0.15, 0.2) is 0 Å². The third-order valence-electron chi connectivity index (χ3n) is 2.95. The summed E-state index contributed by atoms with van der Waals surface area (Å²) in [4.78, 5) is 12.2. The molecule has 0 aliphatic heterocycles. The molecule has 0 aliphatic carbocycles. The van der Waals surface area contributed by atoms with Gasteiger partial charge in [0.25, 0.3) is 5.91 Å². The van der Waals surface area contributed by atoms with Gasteiger partial charge in [-0.1, -0.05) is 24.0 Å². The van der Waals surface area contributed by atoms with Gasteiger partial charge in [-0.15, -0.1) is 0 Å². The predicted molar refractivity (Wildman–Crippen MR) is 81.6 cm³/mol. The fourth-order valence-corrected chi connectivity index (χ4v) is 1.95.